The molecule has 0 fully saturated rings. The van der Waals surface area contributed by atoms with E-state index >= 15 is 0 Å². The van der Waals surface area contributed by atoms with Crippen LogP contribution < -0.4 is 10.0 Å². The summed E-state index contributed by atoms with van der Waals surface area (Å²) in [4.78, 5) is 23.4. The molecule has 0 aliphatic carbocycles. The normalized spacial score (nSPS) is 11.4. The molecule has 0 bridgehead atoms. The molecule has 0 spiro atoms. The number of nitro benzene ring substituents is 1. The van der Waals surface area contributed by atoms with Crippen LogP contribution in [-0.4, -0.2) is 19.2 Å². The van der Waals surface area contributed by atoms with Crippen LogP contribution >= 0.6 is 0 Å². The van der Waals surface area contributed by atoms with Crippen LogP contribution in [0.15, 0.2) is 99.8 Å². The van der Waals surface area contributed by atoms with Gasteiger partial charge in [-0.15, -0.1) is 0 Å². The fourth-order valence-electron chi connectivity index (χ4n) is 3.46. The van der Waals surface area contributed by atoms with Crippen LogP contribution in [-0.2, 0) is 14.8 Å². The van der Waals surface area contributed by atoms with Crippen molar-refractivity contribution < 1.29 is 22.6 Å². The molecule has 11 heteroatoms. The number of hydrogen-bond donors (Lipinski definition) is 2. The number of benzene rings is 3. The van der Waals surface area contributed by atoms with Gasteiger partial charge in [-0.05, 0) is 61.5 Å². The van der Waals surface area contributed by atoms with Crippen molar-refractivity contribution in [1.29, 1.82) is 5.26 Å². The van der Waals surface area contributed by atoms with E-state index in [0.717, 1.165) is 5.56 Å². The summed E-state index contributed by atoms with van der Waals surface area (Å²) in [6.45, 7) is 1.89. The van der Waals surface area contributed by atoms with E-state index in [1.54, 1.807) is 36.4 Å². The SMILES string of the molecule is Cc1ccc(NS(=O)(=O)c2ccc(NC(=O)C(C#N)=Cc3ccc(-c4ccccc4[N+](=O)[O-])o3)cc2)cc1. The number of anilines is 2. The Kier molecular flexibility index (Phi) is 7.36. The Balaban J connectivity index is 1.47. The van der Waals surface area contributed by atoms with E-state index < -0.39 is 20.9 Å². The van der Waals surface area contributed by atoms with Crippen LogP contribution in [0.25, 0.3) is 17.4 Å². The third-order valence-electron chi connectivity index (χ3n) is 5.37. The summed E-state index contributed by atoms with van der Waals surface area (Å²) >= 11 is 0. The zero-order valence-corrected chi connectivity index (χ0v) is 20.7. The number of nitriles is 1. The number of carbonyl (C=O) groups is 1. The highest BCUT2D eigenvalue weighted by atomic mass is 32.2. The number of hydrogen-bond acceptors (Lipinski definition) is 7. The Hall–Kier alpha value is -5.21. The minimum atomic E-state index is -3.84. The van der Waals surface area contributed by atoms with Gasteiger partial charge < -0.3 is 9.73 Å². The van der Waals surface area contributed by atoms with Gasteiger partial charge in [0.25, 0.3) is 21.6 Å². The van der Waals surface area contributed by atoms with Crippen molar-refractivity contribution in [3.8, 4) is 17.4 Å². The Bertz CT molecular complexity index is 1680. The van der Waals surface area contributed by atoms with Crippen molar-refractivity contribution in [2.75, 3.05) is 10.0 Å². The molecule has 4 rings (SSSR count). The molecule has 0 unspecified atom stereocenters. The minimum absolute atomic E-state index is 0.00903. The van der Waals surface area contributed by atoms with Crippen molar-refractivity contribution in [2.45, 2.75) is 11.8 Å². The Morgan fingerprint density at radius 2 is 1.63 bits per heavy atom. The number of sulfonamides is 1. The highest BCUT2D eigenvalue weighted by Crippen LogP contribution is 2.31. The van der Waals surface area contributed by atoms with Gasteiger partial charge in [0.05, 0.1) is 15.4 Å². The Morgan fingerprint density at radius 3 is 2.29 bits per heavy atom. The summed E-state index contributed by atoms with van der Waals surface area (Å²) in [7, 11) is -3.84. The molecule has 38 heavy (non-hydrogen) atoms. The molecule has 0 radical (unpaired) electrons. The van der Waals surface area contributed by atoms with Crippen LogP contribution in [0.2, 0.25) is 0 Å². The maximum Gasteiger partial charge on any atom is 0.280 e. The maximum absolute atomic E-state index is 12.7. The molecule has 10 nitrogen and oxygen atoms in total. The van der Waals surface area contributed by atoms with Crippen LogP contribution in [0.3, 0.4) is 0 Å². The highest BCUT2D eigenvalue weighted by molar-refractivity contribution is 7.92. The second kappa shape index (κ2) is 10.8. The number of nitrogens with zero attached hydrogens (tertiary/aromatic N) is 2. The number of aryl methyl sites for hydroxylation is 1. The second-order valence-electron chi connectivity index (χ2n) is 8.10. The molecule has 0 aliphatic heterocycles. The van der Waals surface area contributed by atoms with Gasteiger partial charge in [-0.25, -0.2) is 8.42 Å². The van der Waals surface area contributed by atoms with E-state index in [-0.39, 0.29) is 38.9 Å². The topological polar surface area (TPSA) is 155 Å². The summed E-state index contributed by atoms with van der Waals surface area (Å²) in [5.41, 5.74) is 1.50. The molecule has 2 N–H and O–H groups in total. The zero-order valence-electron chi connectivity index (χ0n) is 19.9. The second-order valence-corrected chi connectivity index (χ2v) is 9.78. The first-order valence-electron chi connectivity index (χ1n) is 11.1. The number of nitro groups is 1. The highest BCUT2D eigenvalue weighted by Gasteiger charge is 2.18. The van der Waals surface area contributed by atoms with E-state index in [2.05, 4.69) is 10.0 Å². The monoisotopic (exact) mass is 528 g/mol. The van der Waals surface area contributed by atoms with E-state index in [4.69, 9.17) is 4.42 Å². The Morgan fingerprint density at radius 1 is 0.974 bits per heavy atom. The van der Waals surface area contributed by atoms with Crippen LogP contribution in [0.5, 0.6) is 0 Å². The molecule has 4 aromatic rings. The first-order valence-corrected chi connectivity index (χ1v) is 12.6. The average Bonchev–Trinajstić information content (AvgIpc) is 3.37. The number of furan rings is 1. The fraction of sp³-hybridized carbons (Fsp3) is 0.0370. The Labute approximate surface area is 218 Å². The fourth-order valence-corrected chi connectivity index (χ4v) is 4.52. The summed E-state index contributed by atoms with van der Waals surface area (Å²) in [5, 5.41) is 23.3. The molecule has 3 aromatic carbocycles. The summed E-state index contributed by atoms with van der Waals surface area (Å²) in [6.07, 6.45) is 1.21. The van der Waals surface area contributed by atoms with Gasteiger partial charge in [0.2, 0.25) is 0 Å². The van der Waals surface area contributed by atoms with Gasteiger partial charge in [-0.1, -0.05) is 29.8 Å². The van der Waals surface area contributed by atoms with Crippen molar-refractivity contribution >= 4 is 39.1 Å². The van der Waals surface area contributed by atoms with Gasteiger partial charge in [0.1, 0.15) is 23.2 Å². The predicted molar refractivity (Wildman–Crippen MR) is 141 cm³/mol. The standard InChI is InChI=1S/C27H20N4O6S/c1-18-6-8-21(9-7-18)30-38(35,36)23-13-10-20(11-14-23)29-27(32)19(17-28)16-22-12-15-26(37-22)24-4-2-3-5-25(24)31(33)34/h2-16,30H,1H3,(H,29,32). The van der Waals surface area contributed by atoms with Crippen LogP contribution in [0.4, 0.5) is 17.1 Å². The molecule has 1 heterocycles. The molecule has 1 aromatic heterocycles. The van der Waals surface area contributed by atoms with Gasteiger partial charge in [0, 0.05) is 23.5 Å². The van der Waals surface area contributed by atoms with E-state index in [0.29, 0.717) is 5.69 Å². The lowest BCUT2D eigenvalue weighted by Gasteiger charge is -2.09. The predicted octanol–water partition coefficient (Wildman–Crippen LogP) is 5.51. The third-order valence-corrected chi connectivity index (χ3v) is 6.77. The summed E-state index contributed by atoms with van der Waals surface area (Å²) in [5.74, 6) is -0.393. The van der Waals surface area contributed by atoms with Gasteiger partial charge >= 0.3 is 0 Å². The number of nitrogens with one attached hydrogen (secondary N) is 2. The smallest absolute Gasteiger partial charge is 0.280 e. The van der Waals surface area contributed by atoms with Gasteiger partial charge in [-0.3, -0.25) is 19.6 Å². The molecule has 190 valence electrons. The molecular formula is C27H20N4O6S. The molecule has 0 saturated heterocycles. The number of para-hydroxylation sites is 1. The number of rotatable bonds is 8. The molecule has 0 atom stereocenters. The maximum atomic E-state index is 12.7. The van der Waals surface area contributed by atoms with Crippen LogP contribution in [0, 0.1) is 28.4 Å². The van der Waals surface area contributed by atoms with Crippen LogP contribution in [0.1, 0.15) is 11.3 Å². The molecule has 1 amide bonds. The van der Waals surface area contributed by atoms with E-state index in [9.17, 15) is 28.6 Å². The first-order chi connectivity index (χ1) is 18.2. The third kappa shape index (κ3) is 5.95. The van der Waals surface area contributed by atoms with Crippen molar-refractivity contribution in [2.24, 2.45) is 0 Å². The largest absolute Gasteiger partial charge is 0.456 e. The molecule has 0 saturated carbocycles. The number of amides is 1. The lowest BCUT2D eigenvalue weighted by atomic mass is 10.1. The lowest BCUT2D eigenvalue weighted by Crippen LogP contribution is -2.15. The minimum Gasteiger partial charge on any atom is -0.456 e. The lowest BCUT2D eigenvalue weighted by molar-refractivity contribution is -0.384. The van der Waals surface area contributed by atoms with E-state index in [1.165, 1.54) is 60.7 Å². The average molecular weight is 529 g/mol. The zero-order chi connectivity index (χ0) is 27.3. The van der Waals surface area contributed by atoms with Gasteiger partial charge in [0.15, 0.2) is 0 Å². The molecule has 0 aliphatic rings. The summed E-state index contributed by atoms with van der Waals surface area (Å²) in [6, 6.07) is 23.1. The van der Waals surface area contributed by atoms with Crippen molar-refractivity contribution in [3.63, 3.8) is 0 Å². The molecular weight excluding hydrogens is 508 g/mol. The van der Waals surface area contributed by atoms with Gasteiger partial charge in [-0.2, -0.15) is 5.26 Å². The van der Waals surface area contributed by atoms with Crippen molar-refractivity contribution in [3.05, 3.63) is 112 Å². The van der Waals surface area contributed by atoms with Crippen molar-refractivity contribution in [1.82, 2.24) is 0 Å². The first kappa shape index (κ1) is 25.9. The quantitative estimate of drug-likeness (QED) is 0.132. The van der Waals surface area contributed by atoms with E-state index in [1.807, 2.05) is 6.92 Å². The number of carbonyl (C=O) groups excluding carboxylic acids is 1. The summed E-state index contributed by atoms with van der Waals surface area (Å²) < 4.78 is 33.4.